The van der Waals surface area contributed by atoms with E-state index in [0.717, 1.165) is 0 Å². The third kappa shape index (κ3) is 1.69. The quantitative estimate of drug-likeness (QED) is 0.416. The van der Waals surface area contributed by atoms with Crippen molar-refractivity contribution in [2.45, 2.75) is 57.0 Å². The molecule has 0 aromatic rings. The van der Waals surface area contributed by atoms with Gasteiger partial charge in [0.25, 0.3) is 0 Å². The lowest BCUT2D eigenvalue weighted by atomic mass is 9.59. The minimum absolute atomic E-state index is 0.0615. The van der Waals surface area contributed by atoms with E-state index >= 15 is 0 Å². The Bertz CT molecular complexity index is 753. The van der Waals surface area contributed by atoms with Crippen molar-refractivity contribution in [1.82, 2.24) is 0 Å². The molecule has 0 aliphatic heterocycles. The predicted octanol–water partition coefficient (Wildman–Crippen LogP) is -0.0699. The molecule has 4 aliphatic carbocycles. The van der Waals surface area contributed by atoms with Crippen molar-refractivity contribution in [2.75, 3.05) is 6.61 Å². The van der Waals surface area contributed by atoms with E-state index < -0.39 is 57.8 Å². The Labute approximate surface area is 152 Å². The van der Waals surface area contributed by atoms with E-state index in [9.17, 15) is 30.3 Å². The lowest BCUT2D eigenvalue weighted by Gasteiger charge is -2.51. The average Bonchev–Trinajstić information content (AvgIpc) is 2.97. The van der Waals surface area contributed by atoms with Crippen molar-refractivity contribution >= 4 is 5.78 Å². The Kier molecular flexibility index (Phi) is 3.42. The third-order valence-electron chi connectivity index (χ3n) is 8.04. The molecule has 0 spiro atoms. The van der Waals surface area contributed by atoms with Gasteiger partial charge in [-0.15, -0.1) is 0 Å². The van der Waals surface area contributed by atoms with Gasteiger partial charge in [-0.1, -0.05) is 32.9 Å². The van der Waals surface area contributed by atoms with Gasteiger partial charge in [-0.2, -0.15) is 0 Å². The standard InChI is InChI=1S/C20H28O6/c1-9-5-13-18(24,15(9)22)7-11(8-21)6-12-14-17(3,4)20(14,26)16(23)10(2)19(12,13)25/h5-6,10,12-14,16,21,23-26H,7-8H2,1-4H3/t10-,12+,13-,14-,16-,18+,19-,20-/m0/s1. The van der Waals surface area contributed by atoms with Crippen LogP contribution in [0.4, 0.5) is 0 Å². The summed E-state index contributed by atoms with van der Waals surface area (Å²) in [4.78, 5) is 12.7. The summed E-state index contributed by atoms with van der Waals surface area (Å²) < 4.78 is 0. The zero-order valence-electron chi connectivity index (χ0n) is 15.6. The highest BCUT2D eigenvalue weighted by atomic mass is 16.4. The smallest absolute Gasteiger partial charge is 0.190 e. The first kappa shape index (κ1) is 18.3. The molecule has 6 heteroatoms. The number of carbonyl (C=O) groups is 1. The van der Waals surface area contributed by atoms with Gasteiger partial charge in [-0.3, -0.25) is 4.79 Å². The monoisotopic (exact) mass is 364 g/mol. The van der Waals surface area contributed by atoms with Gasteiger partial charge >= 0.3 is 0 Å². The maximum atomic E-state index is 12.7. The third-order valence-corrected chi connectivity index (χ3v) is 8.04. The van der Waals surface area contributed by atoms with Crippen molar-refractivity contribution in [2.24, 2.45) is 29.1 Å². The molecule has 5 N–H and O–H groups in total. The van der Waals surface area contributed by atoms with Gasteiger partial charge in [0.15, 0.2) is 5.78 Å². The van der Waals surface area contributed by atoms with Crippen molar-refractivity contribution < 1.29 is 30.3 Å². The van der Waals surface area contributed by atoms with E-state index in [1.165, 1.54) is 0 Å². The Morgan fingerprint density at radius 3 is 2.38 bits per heavy atom. The molecule has 8 atom stereocenters. The van der Waals surface area contributed by atoms with Crippen molar-refractivity contribution in [3.05, 3.63) is 23.3 Å². The molecule has 0 bridgehead atoms. The molecule has 2 fully saturated rings. The number of ketones is 1. The van der Waals surface area contributed by atoms with Crippen LogP contribution < -0.4 is 0 Å². The predicted molar refractivity (Wildman–Crippen MR) is 92.8 cm³/mol. The molecule has 144 valence electrons. The summed E-state index contributed by atoms with van der Waals surface area (Å²) in [6, 6.07) is 0. The van der Waals surface area contributed by atoms with Crippen LogP contribution in [0.1, 0.15) is 34.1 Å². The molecule has 0 aromatic carbocycles. The molecule has 0 saturated heterocycles. The summed E-state index contributed by atoms with van der Waals surface area (Å²) in [5, 5.41) is 54.9. The van der Waals surface area contributed by atoms with Gasteiger partial charge < -0.3 is 25.5 Å². The highest BCUT2D eigenvalue weighted by molar-refractivity contribution is 6.04. The summed E-state index contributed by atoms with van der Waals surface area (Å²) in [5.41, 5.74) is -4.57. The van der Waals surface area contributed by atoms with Gasteiger partial charge in [-0.25, -0.2) is 0 Å². The number of rotatable bonds is 1. The molecule has 0 heterocycles. The molecule has 0 aromatic heterocycles. The molecular weight excluding hydrogens is 336 g/mol. The van der Waals surface area contributed by atoms with Crippen LogP contribution in [0.25, 0.3) is 0 Å². The van der Waals surface area contributed by atoms with Crippen molar-refractivity contribution in [3.8, 4) is 0 Å². The van der Waals surface area contributed by atoms with Gasteiger partial charge in [0, 0.05) is 35.5 Å². The largest absolute Gasteiger partial charge is 0.392 e. The van der Waals surface area contributed by atoms with Crippen LogP contribution in [0.3, 0.4) is 0 Å². The maximum absolute atomic E-state index is 12.7. The summed E-state index contributed by atoms with van der Waals surface area (Å²) in [7, 11) is 0. The number of aliphatic hydroxyl groups is 5. The first-order valence-electron chi connectivity index (χ1n) is 9.27. The molecular formula is C20H28O6. The molecule has 0 unspecified atom stereocenters. The van der Waals surface area contributed by atoms with E-state index in [0.29, 0.717) is 11.1 Å². The minimum atomic E-state index is -1.84. The lowest BCUT2D eigenvalue weighted by molar-refractivity contribution is -0.209. The topological polar surface area (TPSA) is 118 Å². The molecule has 0 amide bonds. The van der Waals surface area contributed by atoms with Crippen LogP contribution in [-0.4, -0.2) is 60.8 Å². The maximum Gasteiger partial charge on any atom is 0.190 e. The normalized spacial score (nSPS) is 54.5. The SMILES string of the molecule is CC1=C[C@@H]2[C@@]3(O)[C@H](C=C(CO)C[C@]2(O)C1=O)[C@H]1C(C)(C)[C@@]1(O)[C@@H](O)[C@@H]3C. The van der Waals surface area contributed by atoms with Crippen molar-refractivity contribution in [1.29, 1.82) is 0 Å². The molecule has 0 radical (unpaired) electrons. The minimum Gasteiger partial charge on any atom is -0.392 e. The van der Waals surface area contributed by atoms with E-state index in [-0.39, 0.29) is 13.0 Å². The van der Waals surface area contributed by atoms with E-state index in [1.807, 2.05) is 13.8 Å². The summed E-state index contributed by atoms with van der Waals surface area (Å²) in [6.45, 7) is 6.63. The Hall–Kier alpha value is -1.05. The van der Waals surface area contributed by atoms with Gasteiger partial charge in [-0.05, 0) is 18.1 Å². The van der Waals surface area contributed by atoms with Crippen LogP contribution in [0, 0.1) is 29.1 Å². The summed E-state index contributed by atoms with van der Waals surface area (Å²) >= 11 is 0. The van der Waals surface area contributed by atoms with Crippen molar-refractivity contribution in [3.63, 3.8) is 0 Å². The molecule has 4 rings (SSSR count). The van der Waals surface area contributed by atoms with Crippen LogP contribution >= 0.6 is 0 Å². The number of Topliss-reactive ketones (excluding diaryl/α,β-unsaturated/α-hetero) is 1. The van der Waals surface area contributed by atoms with Gasteiger partial charge in [0.1, 0.15) is 11.2 Å². The van der Waals surface area contributed by atoms with E-state index in [4.69, 9.17) is 0 Å². The highest BCUT2D eigenvalue weighted by Gasteiger charge is 2.84. The zero-order valence-corrected chi connectivity index (χ0v) is 15.6. The van der Waals surface area contributed by atoms with Gasteiger partial charge in [0.2, 0.25) is 0 Å². The number of hydrogen-bond donors (Lipinski definition) is 5. The number of carbonyl (C=O) groups excluding carboxylic acids is 1. The second-order valence-electron chi connectivity index (χ2n) is 9.41. The van der Waals surface area contributed by atoms with Crippen LogP contribution in [0.2, 0.25) is 0 Å². The van der Waals surface area contributed by atoms with Crippen LogP contribution in [0.15, 0.2) is 23.3 Å². The fourth-order valence-corrected chi connectivity index (χ4v) is 6.45. The van der Waals surface area contributed by atoms with Gasteiger partial charge in [0.05, 0.1) is 18.3 Å². The number of aliphatic hydroxyl groups excluding tert-OH is 2. The van der Waals surface area contributed by atoms with Crippen LogP contribution in [-0.2, 0) is 4.79 Å². The molecule has 4 aliphatic rings. The lowest BCUT2D eigenvalue weighted by Crippen LogP contribution is -2.65. The number of hydrogen-bond acceptors (Lipinski definition) is 6. The second-order valence-corrected chi connectivity index (χ2v) is 9.41. The zero-order chi connectivity index (χ0) is 19.4. The average molecular weight is 364 g/mol. The number of fused-ring (bicyclic) bond motifs is 5. The molecule has 6 nitrogen and oxygen atoms in total. The Balaban J connectivity index is 1.96. The molecule has 26 heavy (non-hydrogen) atoms. The van der Waals surface area contributed by atoms with Crippen LogP contribution in [0.5, 0.6) is 0 Å². The molecule has 2 saturated carbocycles. The first-order chi connectivity index (χ1) is 11.9. The fourth-order valence-electron chi connectivity index (χ4n) is 6.45. The second kappa shape index (κ2) is 4.86. The summed E-state index contributed by atoms with van der Waals surface area (Å²) in [6.07, 6.45) is 2.08. The van der Waals surface area contributed by atoms with E-state index in [2.05, 4.69) is 0 Å². The Morgan fingerprint density at radius 1 is 1.19 bits per heavy atom. The summed E-state index contributed by atoms with van der Waals surface area (Å²) in [5.74, 6) is -3.14. The highest BCUT2D eigenvalue weighted by Crippen LogP contribution is 2.74. The van der Waals surface area contributed by atoms with E-state index in [1.54, 1.807) is 26.0 Å². The Morgan fingerprint density at radius 2 is 1.81 bits per heavy atom. The fraction of sp³-hybridized carbons (Fsp3) is 0.750. The first-order valence-corrected chi connectivity index (χ1v) is 9.27.